The number of hydrogen-bond donors (Lipinski definition) is 1. The van der Waals surface area contributed by atoms with E-state index in [4.69, 9.17) is 0 Å². The molecule has 0 spiro atoms. The maximum atomic E-state index is 12.1. The molecule has 0 unspecified atom stereocenters. The predicted molar refractivity (Wildman–Crippen MR) is 77.1 cm³/mol. The molecule has 0 saturated carbocycles. The molecule has 0 bridgehead atoms. The highest BCUT2D eigenvalue weighted by atomic mass is 79.9. The molecule has 0 aromatic carbocycles. The first-order valence-corrected chi connectivity index (χ1v) is 8.43. The van der Waals surface area contributed by atoms with E-state index in [2.05, 4.69) is 30.5 Å². The lowest BCUT2D eigenvalue weighted by Crippen LogP contribution is -2.13. The summed E-state index contributed by atoms with van der Waals surface area (Å²) >= 11 is 4.27. The summed E-state index contributed by atoms with van der Waals surface area (Å²) in [5, 5.41) is 5.54. The minimum Gasteiger partial charge on any atom is -0.468 e. The number of thiophene rings is 1. The summed E-state index contributed by atoms with van der Waals surface area (Å²) in [6, 6.07) is 1.65. The molecule has 108 valence electrons. The zero-order valence-electron chi connectivity index (χ0n) is 10.2. The number of hydrogen-bond acceptors (Lipinski definition) is 6. The maximum Gasteiger partial charge on any atom is 0.327 e. The number of methoxy groups -OCH3 is 1. The average Bonchev–Trinajstić information content (AvgIpc) is 2.98. The van der Waals surface area contributed by atoms with Gasteiger partial charge >= 0.3 is 5.97 Å². The van der Waals surface area contributed by atoms with Crippen LogP contribution in [0.2, 0.25) is 0 Å². The van der Waals surface area contributed by atoms with Crippen molar-refractivity contribution >= 4 is 48.9 Å². The fourth-order valence-corrected chi connectivity index (χ4v) is 4.74. The van der Waals surface area contributed by atoms with Crippen LogP contribution in [0.3, 0.4) is 0 Å². The van der Waals surface area contributed by atoms with Crippen molar-refractivity contribution in [3.05, 3.63) is 28.3 Å². The summed E-state index contributed by atoms with van der Waals surface area (Å²) in [5.74, 6) is -0.469. The topological polar surface area (TPSA) is 90.3 Å². The molecule has 0 aliphatic heterocycles. The smallest absolute Gasteiger partial charge is 0.327 e. The Kier molecular flexibility index (Phi) is 4.45. The minimum atomic E-state index is -3.67. The van der Waals surface area contributed by atoms with E-state index in [0.29, 0.717) is 4.47 Å². The van der Waals surface area contributed by atoms with Crippen molar-refractivity contribution in [3.63, 3.8) is 0 Å². The number of esters is 1. The van der Waals surface area contributed by atoms with Crippen LogP contribution in [0.15, 0.2) is 32.5 Å². The SMILES string of the molecule is COC(=O)Cn1cc(NS(=O)(=O)c2sccc2Br)cn1. The van der Waals surface area contributed by atoms with E-state index < -0.39 is 16.0 Å². The molecule has 7 nitrogen and oxygen atoms in total. The normalized spacial score (nSPS) is 11.3. The van der Waals surface area contributed by atoms with Crippen molar-refractivity contribution in [1.82, 2.24) is 9.78 Å². The van der Waals surface area contributed by atoms with Crippen LogP contribution in [0, 0.1) is 0 Å². The van der Waals surface area contributed by atoms with E-state index in [1.807, 2.05) is 0 Å². The summed E-state index contributed by atoms with van der Waals surface area (Å²) in [4.78, 5) is 11.1. The van der Waals surface area contributed by atoms with E-state index in [0.717, 1.165) is 11.3 Å². The number of carbonyl (C=O) groups excluding carboxylic acids is 1. The Labute approximate surface area is 127 Å². The summed E-state index contributed by atoms with van der Waals surface area (Å²) in [5.41, 5.74) is 0.272. The van der Waals surface area contributed by atoms with Gasteiger partial charge in [0.25, 0.3) is 10.0 Å². The standard InChI is InChI=1S/C10H10BrN3O4S2/c1-18-9(15)6-14-5-7(4-12-14)13-20(16,17)10-8(11)2-3-19-10/h2-5,13H,6H2,1H3. The molecule has 0 saturated heterocycles. The Morgan fingerprint density at radius 1 is 1.60 bits per heavy atom. The third-order valence-corrected chi connectivity index (χ3v) is 6.28. The van der Waals surface area contributed by atoms with Crippen molar-refractivity contribution in [2.24, 2.45) is 0 Å². The highest BCUT2D eigenvalue weighted by Crippen LogP contribution is 2.29. The van der Waals surface area contributed by atoms with Crippen LogP contribution in [0.5, 0.6) is 0 Å². The number of carbonyl (C=O) groups is 1. The van der Waals surface area contributed by atoms with Crippen molar-refractivity contribution in [2.75, 3.05) is 11.8 Å². The zero-order valence-corrected chi connectivity index (χ0v) is 13.5. The molecule has 10 heteroatoms. The molecule has 0 radical (unpaired) electrons. The van der Waals surface area contributed by atoms with Crippen LogP contribution in [-0.4, -0.2) is 31.3 Å². The first-order chi connectivity index (χ1) is 9.42. The molecule has 0 aliphatic rings. The molecule has 1 N–H and O–H groups in total. The lowest BCUT2D eigenvalue weighted by Gasteiger charge is -2.03. The molecule has 20 heavy (non-hydrogen) atoms. The molecule has 2 aromatic rings. The lowest BCUT2D eigenvalue weighted by atomic mass is 10.6. The number of halogens is 1. The van der Waals surface area contributed by atoms with Gasteiger partial charge in [-0.2, -0.15) is 5.10 Å². The zero-order chi connectivity index (χ0) is 14.8. The molecule has 2 aromatic heterocycles. The van der Waals surface area contributed by atoms with Crippen LogP contribution >= 0.6 is 27.3 Å². The monoisotopic (exact) mass is 379 g/mol. The van der Waals surface area contributed by atoms with Gasteiger partial charge in [0.15, 0.2) is 4.21 Å². The number of nitrogens with zero attached hydrogens (tertiary/aromatic N) is 2. The summed E-state index contributed by atoms with van der Waals surface area (Å²) in [6.07, 6.45) is 2.73. The second-order valence-corrected chi connectivity index (χ2v) is 7.31. The predicted octanol–water partition coefficient (Wildman–Crippen LogP) is 1.68. The quantitative estimate of drug-likeness (QED) is 0.798. The second-order valence-electron chi connectivity index (χ2n) is 3.66. The van der Waals surface area contributed by atoms with Gasteiger partial charge in [-0.15, -0.1) is 11.3 Å². The van der Waals surface area contributed by atoms with Crippen LogP contribution in [0.1, 0.15) is 0 Å². The first-order valence-electron chi connectivity index (χ1n) is 5.27. The van der Waals surface area contributed by atoms with E-state index >= 15 is 0 Å². The van der Waals surface area contributed by atoms with Gasteiger partial charge in [-0.1, -0.05) is 0 Å². The molecule has 0 atom stereocenters. The number of aromatic nitrogens is 2. The van der Waals surface area contributed by atoms with Crippen molar-refractivity contribution in [3.8, 4) is 0 Å². The van der Waals surface area contributed by atoms with Crippen molar-refractivity contribution in [2.45, 2.75) is 10.8 Å². The number of rotatable bonds is 5. The molecule has 0 aliphatic carbocycles. The fourth-order valence-electron chi connectivity index (χ4n) is 1.37. The van der Waals surface area contributed by atoms with Crippen molar-refractivity contribution < 1.29 is 17.9 Å². The number of nitrogens with one attached hydrogen (secondary N) is 1. The molecule has 0 amide bonds. The molecular formula is C10H10BrN3O4S2. The second kappa shape index (κ2) is 5.94. The van der Waals surface area contributed by atoms with Gasteiger partial charge in [-0.25, -0.2) is 8.42 Å². The van der Waals surface area contributed by atoms with Crippen LogP contribution in [-0.2, 0) is 26.1 Å². The van der Waals surface area contributed by atoms with E-state index in [9.17, 15) is 13.2 Å². The highest BCUT2D eigenvalue weighted by Gasteiger charge is 2.20. The summed E-state index contributed by atoms with van der Waals surface area (Å²) < 4.78 is 33.1. The van der Waals surface area contributed by atoms with Crippen LogP contribution in [0.25, 0.3) is 0 Å². The van der Waals surface area contributed by atoms with Crippen LogP contribution < -0.4 is 4.72 Å². The Bertz CT molecular complexity index is 722. The van der Waals surface area contributed by atoms with Crippen LogP contribution in [0.4, 0.5) is 5.69 Å². The van der Waals surface area contributed by atoms with E-state index in [-0.39, 0.29) is 16.4 Å². The lowest BCUT2D eigenvalue weighted by molar-refractivity contribution is -0.141. The fraction of sp³-hybridized carbons (Fsp3) is 0.200. The first kappa shape index (κ1) is 15.0. The molecule has 0 fully saturated rings. The van der Waals surface area contributed by atoms with Gasteiger partial charge in [-0.3, -0.25) is 14.2 Å². The number of sulfonamides is 1. The van der Waals surface area contributed by atoms with Gasteiger partial charge in [0.2, 0.25) is 0 Å². The Morgan fingerprint density at radius 2 is 2.35 bits per heavy atom. The Morgan fingerprint density at radius 3 is 2.95 bits per heavy atom. The largest absolute Gasteiger partial charge is 0.468 e. The maximum absolute atomic E-state index is 12.1. The van der Waals surface area contributed by atoms with Gasteiger partial charge in [0.1, 0.15) is 6.54 Å². The van der Waals surface area contributed by atoms with Gasteiger partial charge in [0, 0.05) is 10.7 Å². The Balaban J connectivity index is 2.15. The summed E-state index contributed by atoms with van der Waals surface area (Å²) in [6.45, 7) is -0.0824. The number of ether oxygens (including phenoxy) is 1. The average molecular weight is 380 g/mol. The van der Waals surface area contributed by atoms with Gasteiger partial charge < -0.3 is 4.74 Å². The third-order valence-electron chi connectivity index (χ3n) is 2.23. The highest BCUT2D eigenvalue weighted by molar-refractivity contribution is 9.10. The van der Waals surface area contributed by atoms with Gasteiger partial charge in [-0.05, 0) is 27.4 Å². The van der Waals surface area contributed by atoms with E-state index in [1.165, 1.54) is 24.2 Å². The molecular weight excluding hydrogens is 370 g/mol. The molecule has 2 rings (SSSR count). The third kappa shape index (κ3) is 3.38. The minimum absolute atomic E-state index is 0.0824. The van der Waals surface area contributed by atoms with Gasteiger partial charge in [0.05, 0.1) is 19.0 Å². The summed E-state index contributed by atoms with van der Waals surface area (Å²) in [7, 11) is -2.40. The molecule has 2 heterocycles. The Hall–Kier alpha value is -1.39. The number of anilines is 1. The van der Waals surface area contributed by atoms with Crippen molar-refractivity contribution in [1.29, 1.82) is 0 Å². The van der Waals surface area contributed by atoms with E-state index in [1.54, 1.807) is 11.4 Å².